The van der Waals surface area contributed by atoms with Crippen molar-refractivity contribution in [2.24, 2.45) is 17.8 Å². The van der Waals surface area contributed by atoms with Gasteiger partial charge in [0.2, 0.25) is 5.91 Å². The molecule has 1 aromatic carbocycles. The predicted octanol–water partition coefficient (Wildman–Crippen LogP) is 3.28. The van der Waals surface area contributed by atoms with Crippen molar-refractivity contribution in [3.63, 3.8) is 0 Å². The highest BCUT2D eigenvalue weighted by Gasteiger charge is 2.50. The van der Waals surface area contributed by atoms with Gasteiger partial charge in [0, 0.05) is 36.7 Å². The van der Waals surface area contributed by atoms with Crippen LogP contribution in [-0.4, -0.2) is 36.5 Å². The second kappa shape index (κ2) is 6.52. The first-order valence-electron chi connectivity index (χ1n) is 10.2. The molecular formula is C21H27FN2O2. The molecule has 5 rings (SSSR count). The molecule has 0 unspecified atom stereocenters. The number of likely N-dealkylation sites (tertiary alicyclic amines) is 1. The van der Waals surface area contributed by atoms with Crippen LogP contribution in [0.3, 0.4) is 0 Å². The van der Waals surface area contributed by atoms with Crippen molar-refractivity contribution in [2.75, 3.05) is 19.7 Å². The third-order valence-corrected chi connectivity index (χ3v) is 6.70. The Morgan fingerprint density at radius 1 is 1.23 bits per heavy atom. The lowest BCUT2D eigenvalue weighted by Gasteiger charge is -2.34. The summed E-state index contributed by atoms with van der Waals surface area (Å²) in [5.41, 5.74) is 0.929. The Balaban J connectivity index is 1.41. The largest absolute Gasteiger partial charge is 0.493 e. The summed E-state index contributed by atoms with van der Waals surface area (Å²) in [5.74, 6) is 1.53. The molecule has 3 atom stereocenters. The van der Waals surface area contributed by atoms with E-state index in [-0.39, 0.29) is 29.6 Å². The van der Waals surface area contributed by atoms with Crippen LogP contribution in [0.5, 0.6) is 5.75 Å². The molecular weight excluding hydrogens is 331 g/mol. The molecule has 2 aliphatic heterocycles. The molecule has 4 nitrogen and oxygen atoms in total. The number of hydrogen-bond acceptors (Lipinski definition) is 3. The Morgan fingerprint density at radius 3 is 2.81 bits per heavy atom. The van der Waals surface area contributed by atoms with Gasteiger partial charge < -0.3 is 10.1 Å². The van der Waals surface area contributed by atoms with E-state index in [0.717, 1.165) is 43.2 Å². The number of carbonyl (C=O) groups excluding carboxylic acids is 1. The van der Waals surface area contributed by atoms with Crippen LogP contribution in [0.2, 0.25) is 0 Å². The smallest absolute Gasteiger partial charge is 0.225 e. The standard InChI is InChI=1S/C21H27FN2O2/c22-14-7-8-19-16(9-14)20-18(12-26-19)17(11-24(20)10-13-5-6-13)21(25)23-15-3-1-2-4-15/h7-9,13,15,17-18,20H,1-6,10-12H2,(H,23,25)/t17-,18+,20+/m1/s1. The normalized spacial score (nSPS) is 31.3. The highest BCUT2D eigenvalue weighted by molar-refractivity contribution is 5.80. The molecule has 2 saturated carbocycles. The summed E-state index contributed by atoms with van der Waals surface area (Å²) in [6.07, 6.45) is 7.18. The zero-order valence-electron chi connectivity index (χ0n) is 15.1. The molecule has 0 spiro atoms. The average Bonchev–Trinajstić information content (AvgIpc) is 3.15. The van der Waals surface area contributed by atoms with Crippen molar-refractivity contribution in [3.05, 3.63) is 29.6 Å². The number of nitrogens with zero attached hydrogens (tertiary/aromatic N) is 1. The molecule has 2 heterocycles. The Morgan fingerprint density at radius 2 is 2.04 bits per heavy atom. The number of halogens is 1. The Labute approximate surface area is 154 Å². The van der Waals surface area contributed by atoms with Gasteiger partial charge in [0.15, 0.2) is 0 Å². The molecule has 3 fully saturated rings. The molecule has 0 aromatic heterocycles. The van der Waals surface area contributed by atoms with Crippen LogP contribution in [0.1, 0.15) is 50.1 Å². The van der Waals surface area contributed by atoms with Gasteiger partial charge in [0.05, 0.1) is 12.5 Å². The Kier molecular flexibility index (Phi) is 4.15. The number of nitrogens with one attached hydrogen (secondary N) is 1. The van der Waals surface area contributed by atoms with E-state index in [2.05, 4.69) is 10.2 Å². The first-order valence-corrected chi connectivity index (χ1v) is 10.2. The number of carbonyl (C=O) groups is 1. The fraction of sp³-hybridized carbons (Fsp3) is 0.667. The van der Waals surface area contributed by atoms with Crippen LogP contribution < -0.4 is 10.1 Å². The molecule has 140 valence electrons. The summed E-state index contributed by atoms with van der Waals surface area (Å²) in [4.78, 5) is 15.4. The molecule has 0 radical (unpaired) electrons. The minimum atomic E-state index is -0.224. The lowest BCUT2D eigenvalue weighted by molar-refractivity contribution is -0.127. The fourth-order valence-electron chi connectivity index (χ4n) is 5.17. The maximum absolute atomic E-state index is 13.9. The number of ether oxygens (including phenoxy) is 1. The van der Waals surface area contributed by atoms with Gasteiger partial charge in [-0.3, -0.25) is 9.69 Å². The maximum Gasteiger partial charge on any atom is 0.225 e. The average molecular weight is 358 g/mol. The van der Waals surface area contributed by atoms with Gasteiger partial charge in [-0.15, -0.1) is 0 Å². The topological polar surface area (TPSA) is 41.6 Å². The molecule has 1 N–H and O–H groups in total. The zero-order chi connectivity index (χ0) is 17.7. The lowest BCUT2D eigenvalue weighted by atomic mass is 9.84. The predicted molar refractivity (Wildman–Crippen MR) is 96.3 cm³/mol. The lowest BCUT2D eigenvalue weighted by Crippen LogP contribution is -2.42. The zero-order valence-corrected chi connectivity index (χ0v) is 15.1. The van der Waals surface area contributed by atoms with Crippen LogP contribution in [0, 0.1) is 23.6 Å². The molecule has 26 heavy (non-hydrogen) atoms. The van der Waals surface area contributed by atoms with Gasteiger partial charge in [-0.25, -0.2) is 4.39 Å². The van der Waals surface area contributed by atoms with Crippen molar-refractivity contribution in [2.45, 2.75) is 50.6 Å². The minimum Gasteiger partial charge on any atom is -0.493 e. The first kappa shape index (κ1) is 16.5. The van der Waals surface area contributed by atoms with Crippen molar-refractivity contribution in [3.8, 4) is 5.75 Å². The van der Waals surface area contributed by atoms with Gasteiger partial charge in [-0.05, 0) is 49.8 Å². The number of benzene rings is 1. The monoisotopic (exact) mass is 358 g/mol. The van der Waals surface area contributed by atoms with Crippen LogP contribution in [0.15, 0.2) is 18.2 Å². The second-order valence-corrected chi connectivity index (χ2v) is 8.60. The SMILES string of the molecule is O=C(NC1CCCC1)[C@@H]1CN(CC2CC2)[C@H]2c3cc(F)ccc3OC[C@@H]12. The first-order chi connectivity index (χ1) is 12.7. The van der Waals surface area contributed by atoms with E-state index in [9.17, 15) is 9.18 Å². The van der Waals surface area contributed by atoms with Gasteiger partial charge in [-0.2, -0.15) is 0 Å². The molecule has 1 amide bonds. The molecule has 1 aromatic rings. The van der Waals surface area contributed by atoms with E-state index < -0.39 is 0 Å². The molecule has 0 bridgehead atoms. The molecule has 2 aliphatic carbocycles. The van der Waals surface area contributed by atoms with E-state index in [1.54, 1.807) is 12.1 Å². The van der Waals surface area contributed by atoms with Gasteiger partial charge >= 0.3 is 0 Å². The van der Waals surface area contributed by atoms with E-state index in [4.69, 9.17) is 4.74 Å². The highest BCUT2D eigenvalue weighted by Crippen LogP contribution is 2.49. The number of hydrogen-bond donors (Lipinski definition) is 1. The number of rotatable bonds is 4. The summed E-state index contributed by atoms with van der Waals surface area (Å²) in [6, 6.07) is 5.26. The van der Waals surface area contributed by atoms with Crippen LogP contribution in [0.25, 0.3) is 0 Å². The maximum atomic E-state index is 13.9. The highest BCUT2D eigenvalue weighted by atomic mass is 19.1. The minimum absolute atomic E-state index is 0.0595. The van der Waals surface area contributed by atoms with Crippen molar-refractivity contribution in [1.29, 1.82) is 0 Å². The third-order valence-electron chi connectivity index (χ3n) is 6.70. The van der Waals surface area contributed by atoms with Gasteiger partial charge in [0.25, 0.3) is 0 Å². The van der Waals surface area contributed by atoms with E-state index in [1.165, 1.54) is 31.7 Å². The number of fused-ring (bicyclic) bond motifs is 3. The van der Waals surface area contributed by atoms with E-state index >= 15 is 0 Å². The summed E-state index contributed by atoms with van der Waals surface area (Å²) >= 11 is 0. The Hall–Kier alpha value is -1.62. The van der Waals surface area contributed by atoms with Crippen molar-refractivity contribution in [1.82, 2.24) is 10.2 Å². The van der Waals surface area contributed by atoms with Crippen molar-refractivity contribution >= 4 is 5.91 Å². The van der Waals surface area contributed by atoms with Crippen molar-refractivity contribution < 1.29 is 13.9 Å². The summed E-state index contributed by atoms with van der Waals surface area (Å²) in [7, 11) is 0. The molecule has 5 heteroatoms. The third kappa shape index (κ3) is 3.00. The van der Waals surface area contributed by atoms with E-state index in [0.29, 0.717) is 12.6 Å². The van der Waals surface area contributed by atoms with Crippen LogP contribution in [0.4, 0.5) is 4.39 Å². The Bertz CT molecular complexity index is 699. The summed E-state index contributed by atoms with van der Waals surface area (Å²) in [5, 5.41) is 3.28. The van der Waals surface area contributed by atoms with Crippen LogP contribution in [-0.2, 0) is 4.79 Å². The summed E-state index contributed by atoms with van der Waals surface area (Å²) < 4.78 is 19.9. The second-order valence-electron chi connectivity index (χ2n) is 8.60. The fourth-order valence-corrected chi connectivity index (χ4v) is 5.17. The van der Waals surface area contributed by atoms with Crippen LogP contribution >= 0.6 is 0 Å². The quantitative estimate of drug-likeness (QED) is 0.898. The van der Waals surface area contributed by atoms with E-state index in [1.807, 2.05) is 0 Å². The summed E-state index contributed by atoms with van der Waals surface area (Å²) in [6.45, 7) is 2.33. The number of amides is 1. The molecule has 1 saturated heterocycles. The van der Waals surface area contributed by atoms with Gasteiger partial charge in [-0.1, -0.05) is 12.8 Å². The van der Waals surface area contributed by atoms with Gasteiger partial charge in [0.1, 0.15) is 11.6 Å². The molecule has 4 aliphatic rings.